The third kappa shape index (κ3) is 6.58. The zero-order chi connectivity index (χ0) is 29.1. The topological polar surface area (TPSA) is 87.4 Å². The number of nitrogens with zero attached hydrogens (tertiary/aromatic N) is 4. The van der Waals surface area contributed by atoms with E-state index in [4.69, 9.17) is 5.73 Å². The average Bonchev–Trinajstić information content (AvgIpc) is 3.37. The van der Waals surface area contributed by atoms with Crippen molar-refractivity contribution in [1.29, 1.82) is 0 Å². The monoisotopic (exact) mass is 580 g/mol. The Morgan fingerprint density at radius 3 is 2.51 bits per heavy atom. The molecule has 41 heavy (non-hydrogen) atoms. The summed E-state index contributed by atoms with van der Waals surface area (Å²) in [7, 11) is 0. The van der Waals surface area contributed by atoms with Gasteiger partial charge in [-0.05, 0) is 54.4 Å². The normalized spacial score (nSPS) is 15.1. The summed E-state index contributed by atoms with van der Waals surface area (Å²) >= 11 is 1.46. The molecule has 0 aliphatic carbocycles. The summed E-state index contributed by atoms with van der Waals surface area (Å²) in [5, 5.41) is 4.70. The molecule has 214 valence electrons. The van der Waals surface area contributed by atoms with Gasteiger partial charge in [-0.3, -0.25) is 9.69 Å². The first-order valence-corrected chi connectivity index (χ1v) is 14.2. The number of carbonyl (C=O) groups is 1. The fraction of sp³-hybridized carbons (Fsp3) is 0.300. The van der Waals surface area contributed by atoms with Gasteiger partial charge in [0.15, 0.2) is 0 Å². The van der Waals surface area contributed by atoms with Crippen LogP contribution in [0.2, 0.25) is 0 Å². The number of anilines is 2. The third-order valence-electron chi connectivity index (χ3n) is 7.37. The Kier molecular flexibility index (Phi) is 8.39. The van der Waals surface area contributed by atoms with E-state index in [-0.39, 0.29) is 17.7 Å². The van der Waals surface area contributed by atoms with Crippen molar-refractivity contribution in [2.24, 2.45) is 0 Å². The molecule has 1 saturated heterocycles. The number of alkyl halides is 3. The van der Waals surface area contributed by atoms with Crippen LogP contribution in [0.4, 0.5) is 24.7 Å². The van der Waals surface area contributed by atoms with Crippen molar-refractivity contribution in [3.8, 4) is 0 Å². The van der Waals surface area contributed by atoms with Crippen molar-refractivity contribution >= 4 is 51.1 Å². The molecule has 0 atom stereocenters. The van der Waals surface area contributed by atoms with Gasteiger partial charge in [-0.25, -0.2) is 9.97 Å². The molecule has 5 rings (SSSR count). The van der Waals surface area contributed by atoms with Crippen molar-refractivity contribution in [2.45, 2.75) is 26.6 Å². The van der Waals surface area contributed by atoms with Crippen LogP contribution in [-0.2, 0) is 12.7 Å². The number of rotatable bonds is 7. The smallest absolute Gasteiger partial charge is 0.382 e. The molecule has 11 heteroatoms. The minimum absolute atomic E-state index is 0.0449. The fourth-order valence-electron chi connectivity index (χ4n) is 4.91. The quantitative estimate of drug-likeness (QED) is 0.272. The molecule has 2 aromatic heterocycles. The van der Waals surface area contributed by atoms with Gasteiger partial charge in [0.1, 0.15) is 12.1 Å². The van der Waals surface area contributed by atoms with Crippen LogP contribution in [0.15, 0.2) is 48.1 Å². The van der Waals surface area contributed by atoms with E-state index in [1.165, 1.54) is 29.8 Å². The van der Waals surface area contributed by atoms with Gasteiger partial charge in [0.05, 0.1) is 15.8 Å². The number of hydrogen-bond donors (Lipinski definition) is 2. The Balaban J connectivity index is 1.33. The van der Waals surface area contributed by atoms with Gasteiger partial charge >= 0.3 is 6.18 Å². The number of benzene rings is 2. The maximum Gasteiger partial charge on any atom is 0.416 e. The van der Waals surface area contributed by atoms with Gasteiger partial charge in [-0.1, -0.05) is 31.2 Å². The first-order chi connectivity index (χ1) is 19.6. The van der Waals surface area contributed by atoms with E-state index in [0.29, 0.717) is 24.6 Å². The number of likely N-dealkylation sites (N-methyl/N-ethyl adjacent to an activating group) is 1. The molecule has 0 spiro atoms. The van der Waals surface area contributed by atoms with Crippen LogP contribution in [0.1, 0.15) is 45.1 Å². The Hall–Kier alpha value is -3.80. The standard InChI is InChI=1S/C30H31F3N6OS/c1-3-38-10-12-39(13-11-38)16-22-7-6-21(15-25(22)30(31,32)33)29(40)37-24-9-4-19(2)20(14-24)5-8-23-17-41-27-26(23)35-18-36-28(27)34/h4-9,14-15,17-18H,3,10-13,16H2,1-2H3,(H,37,40)(H2,34,35,36)/b8-5+. The van der Waals surface area contributed by atoms with Crippen LogP contribution in [0, 0.1) is 6.92 Å². The molecule has 3 N–H and O–H groups in total. The van der Waals surface area contributed by atoms with Crippen molar-refractivity contribution in [1.82, 2.24) is 19.8 Å². The van der Waals surface area contributed by atoms with Crippen molar-refractivity contribution < 1.29 is 18.0 Å². The van der Waals surface area contributed by atoms with E-state index >= 15 is 0 Å². The molecule has 7 nitrogen and oxygen atoms in total. The minimum Gasteiger partial charge on any atom is -0.382 e. The van der Waals surface area contributed by atoms with Crippen molar-refractivity contribution in [2.75, 3.05) is 43.8 Å². The predicted molar refractivity (Wildman–Crippen MR) is 159 cm³/mol. The first-order valence-electron chi connectivity index (χ1n) is 13.3. The molecule has 4 aromatic rings. The number of carbonyl (C=O) groups excluding carboxylic acids is 1. The lowest BCUT2D eigenvalue weighted by Gasteiger charge is -2.34. The largest absolute Gasteiger partial charge is 0.416 e. The summed E-state index contributed by atoms with van der Waals surface area (Å²) in [6, 6.07) is 9.21. The number of piperazine rings is 1. The van der Waals surface area contributed by atoms with Crippen LogP contribution in [0.3, 0.4) is 0 Å². The maximum absolute atomic E-state index is 14.0. The number of aromatic nitrogens is 2. The molecule has 0 bridgehead atoms. The molecule has 0 radical (unpaired) electrons. The number of fused-ring (bicyclic) bond motifs is 1. The second-order valence-electron chi connectivity index (χ2n) is 10.1. The van der Waals surface area contributed by atoms with Gasteiger partial charge in [-0.15, -0.1) is 11.3 Å². The number of hydrogen-bond acceptors (Lipinski definition) is 7. The Morgan fingerprint density at radius 1 is 1.05 bits per heavy atom. The van der Waals surface area contributed by atoms with Gasteiger partial charge in [0.2, 0.25) is 0 Å². The van der Waals surface area contributed by atoms with Crippen LogP contribution in [0.5, 0.6) is 0 Å². The Bertz CT molecular complexity index is 1590. The highest BCUT2D eigenvalue weighted by Crippen LogP contribution is 2.34. The molecular weight excluding hydrogens is 549 g/mol. The lowest BCUT2D eigenvalue weighted by molar-refractivity contribution is -0.138. The Labute approximate surface area is 240 Å². The lowest BCUT2D eigenvalue weighted by Crippen LogP contribution is -2.45. The van der Waals surface area contributed by atoms with Gasteiger partial charge in [0.25, 0.3) is 5.91 Å². The van der Waals surface area contributed by atoms with E-state index < -0.39 is 17.6 Å². The number of nitrogen functional groups attached to an aromatic ring is 1. The molecule has 2 aromatic carbocycles. The predicted octanol–water partition coefficient (Wildman–Crippen LogP) is 6.16. The van der Waals surface area contributed by atoms with Gasteiger partial charge < -0.3 is 16.0 Å². The summed E-state index contributed by atoms with van der Waals surface area (Å²) < 4.78 is 42.9. The molecule has 1 amide bonds. The zero-order valence-corrected chi connectivity index (χ0v) is 23.6. The molecule has 1 fully saturated rings. The number of nitrogens with one attached hydrogen (secondary N) is 1. The summed E-state index contributed by atoms with van der Waals surface area (Å²) in [5.74, 6) is -0.176. The van der Waals surface area contributed by atoms with Crippen LogP contribution in [0.25, 0.3) is 22.4 Å². The number of thiophene rings is 1. The van der Waals surface area contributed by atoms with E-state index in [2.05, 4.69) is 27.1 Å². The van der Waals surface area contributed by atoms with Crippen LogP contribution in [-0.4, -0.2) is 58.4 Å². The number of nitrogens with two attached hydrogens (primary N) is 1. The van der Waals surface area contributed by atoms with Gasteiger partial charge in [0, 0.05) is 54.9 Å². The average molecular weight is 581 g/mol. The van der Waals surface area contributed by atoms with Crippen LogP contribution < -0.4 is 11.1 Å². The molecule has 0 saturated carbocycles. The fourth-order valence-corrected chi connectivity index (χ4v) is 5.80. The number of aryl methyl sites for hydroxylation is 1. The van der Waals surface area contributed by atoms with E-state index in [0.717, 1.165) is 52.6 Å². The Morgan fingerprint density at radius 2 is 1.78 bits per heavy atom. The first kappa shape index (κ1) is 28.7. The van der Waals surface area contributed by atoms with E-state index in [9.17, 15) is 18.0 Å². The highest BCUT2D eigenvalue weighted by atomic mass is 32.1. The van der Waals surface area contributed by atoms with Crippen LogP contribution >= 0.6 is 11.3 Å². The zero-order valence-electron chi connectivity index (χ0n) is 22.8. The summed E-state index contributed by atoms with van der Waals surface area (Å²) in [4.78, 5) is 25.7. The van der Waals surface area contributed by atoms with E-state index in [1.54, 1.807) is 12.1 Å². The SMILES string of the molecule is CCN1CCN(Cc2ccc(C(=O)Nc3ccc(C)c(/C=C/c4csc5c(N)ncnc45)c3)cc2C(F)(F)F)CC1. The second-order valence-corrected chi connectivity index (χ2v) is 10.9. The van der Waals surface area contributed by atoms with Crippen molar-refractivity contribution in [3.05, 3.63) is 81.5 Å². The molecule has 3 heterocycles. The highest BCUT2D eigenvalue weighted by molar-refractivity contribution is 7.18. The van der Waals surface area contributed by atoms with Gasteiger partial charge in [-0.2, -0.15) is 13.2 Å². The number of amides is 1. The third-order valence-corrected chi connectivity index (χ3v) is 8.38. The molecular formula is C30H31F3N6OS. The summed E-state index contributed by atoms with van der Waals surface area (Å²) in [6.07, 6.45) is 0.671. The van der Waals surface area contributed by atoms with Crippen molar-refractivity contribution in [3.63, 3.8) is 0 Å². The maximum atomic E-state index is 14.0. The summed E-state index contributed by atoms with van der Waals surface area (Å²) in [5.41, 5.74) is 9.23. The molecule has 1 aliphatic rings. The van der Waals surface area contributed by atoms with E-state index in [1.807, 2.05) is 35.4 Å². The highest BCUT2D eigenvalue weighted by Gasteiger charge is 2.34. The molecule has 0 unspecified atom stereocenters. The molecule has 1 aliphatic heterocycles. The summed E-state index contributed by atoms with van der Waals surface area (Å²) in [6.45, 7) is 8.23. The number of halogens is 3. The second kappa shape index (κ2) is 12.0. The minimum atomic E-state index is -4.57. The lowest BCUT2D eigenvalue weighted by atomic mass is 10.0.